The van der Waals surface area contributed by atoms with Crippen LogP contribution in [0.1, 0.15) is 32.6 Å². The molecule has 1 saturated carbocycles. The fraction of sp³-hybridized carbons (Fsp3) is 0.625. The summed E-state index contributed by atoms with van der Waals surface area (Å²) in [6.07, 6.45) is 6.86. The van der Waals surface area contributed by atoms with Crippen molar-refractivity contribution in [2.45, 2.75) is 32.6 Å². The predicted octanol–water partition coefficient (Wildman–Crippen LogP) is 3.48. The molecule has 0 amide bonds. The number of aliphatic imine (C=N–C) groups is 1. The number of nitrogens with one attached hydrogen (secondary N) is 2. The Hall–Kier alpha value is -0.760. The molecule has 7 heteroatoms. The van der Waals surface area contributed by atoms with Crippen LogP contribution in [-0.2, 0) is 0 Å². The fourth-order valence-electron chi connectivity index (χ4n) is 2.62. The molecule has 1 aromatic rings. The average molecular weight is 453 g/mol. The van der Waals surface area contributed by atoms with E-state index in [1.54, 1.807) is 25.4 Å². The molecule has 0 aromatic carbocycles. The van der Waals surface area contributed by atoms with E-state index in [-0.39, 0.29) is 24.0 Å². The van der Waals surface area contributed by atoms with Crippen molar-refractivity contribution in [1.29, 1.82) is 0 Å². The first kappa shape index (κ1) is 20.3. The fourth-order valence-corrected chi connectivity index (χ4v) is 2.79. The van der Waals surface area contributed by atoms with Gasteiger partial charge in [-0.3, -0.25) is 4.99 Å². The molecule has 130 valence electrons. The van der Waals surface area contributed by atoms with Crippen LogP contribution < -0.4 is 15.4 Å². The summed E-state index contributed by atoms with van der Waals surface area (Å²) in [5.41, 5.74) is 0.468. The lowest BCUT2D eigenvalue weighted by molar-refractivity contribution is 0.131. The third-order valence-electron chi connectivity index (χ3n) is 4.38. The number of rotatable bonds is 7. The van der Waals surface area contributed by atoms with Gasteiger partial charge in [0.2, 0.25) is 5.88 Å². The zero-order chi connectivity index (χ0) is 15.8. The van der Waals surface area contributed by atoms with E-state index in [0.717, 1.165) is 12.5 Å². The molecular formula is C16H26ClIN4O. The summed E-state index contributed by atoms with van der Waals surface area (Å²) in [5, 5.41) is 7.19. The van der Waals surface area contributed by atoms with Gasteiger partial charge >= 0.3 is 0 Å². The SMILES string of the molecule is CCC1(CNC(=NC)NCCOc2ncccc2Cl)CCC1.I. The van der Waals surface area contributed by atoms with Gasteiger partial charge in [-0.2, -0.15) is 0 Å². The van der Waals surface area contributed by atoms with Crippen LogP contribution in [0.2, 0.25) is 5.02 Å². The summed E-state index contributed by atoms with van der Waals surface area (Å²) in [6.45, 7) is 4.37. The van der Waals surface area contributed by atoms with Gasteiger partial charge in [-0.15, -0.1) is 24.0 Å². The Labute approximate surface area is 160 Å². The first-order valence-corrected chi connectivity index (χ1v) is 8.25. The van der Waals surface area contributed by atoms with Crippen molar-refractivity contribution >= 4 is 41.5 Å². The number of hydrogen-bond acceptors (Lipinski definition) is 3. The Morgan fingerprint density at radius 3 is 2.78 bits per heavy atom. The Morgan fingerprint density at radius 1 is 1.43 bits per heavy atom. The highest BCUT2D eigenvalue weighted by atomic mass is 127. The Kier molecular flexibility index (Phi) is 8.98. The zero-order valence-electron chi connectivity index (χ0n) is 13.8. The van der Waals surface area contributed by atoms with E-state index in [2.05, 4.69) is 27.5 Å². The van der Waals surface area contributed by atoms with Gasteiger partial charge in [0.05, 0.1) is 6.54 Å². The van der Waals surface area contributed by atoms with Crippen LogP contribution in [0.15, 0.2) is 23.3 Å². The van der Waals surface area contributed by atoms with Crippen LogP contribution in [0.3, 0.4) is 0 Å². The number of ether oxygens (including phenoxy) is 1. The molecule has 1 aromatic heterocycles. The van der Waals surface area contributed by atoms with E-state index in [1.165, 1.54) is 25.7 Å². The lowest BCUT2D eigenvalue weighted by Gasteiger charge is -2.41. The van der Waals surface area contributed by atoms with E-state index in [0.29, 0.717) is 29.5 Å². The largest absolute Gasteiger partial charge is 0.475 e. The lowest BCUT2D eigenvalue weighted by Crippen LogP contribution is -2.46. The second-order valence-electron chi connectivity index (χ2n) is 5.70. The van der Waals surface area contributed by atoms with Crippen LogP contribution in [0.4, 0.5) is 0 Å². The van der Waals surface area contributed by atoms with Crippen LogP contribution in [0, 0.1) is 5.41 Å². The van der Waals surface area contributed by atoms with Crippen molar-refractivity contribution in [1.82, 2.24) is 15.6 Å². The monoisotopic (exact) mass is 452 g/mol. The summed E-state index contributed by atoms with van der Waals surface area (Å²) >= 11 is 5.99. The van der Waals surface area contributed by atoms with Crippen molar-refractivity contribution in [3.8, 4) is 5.88 Å². The first-order chi connectivity index (χ1) is 10.7. The predicted molar refractivity (Wildman–Crippen MR) is 106 cm³/mol. The number of guanidine groups is 1. The van der Waals surface area contributed by atoms with Crippen molar-refractivity contribution in [2.24, 2.45) is 10.4 Å². The van der Waals surface area contributed by atoms with E-state index < -0.39 is 0 Å². The van der Waals surface area contributed by atoms with Crippen molar-refractivity contribution < 1.29 is 4.74 Å². The number of aromatic nitrogens is 1. The molecule has 1 fully saturated rings. The molecule has 23 heavy (non-hydrogen) atoms. The third-order valence-corrected chi connectivity index (χ3v) is 4.66. The minimum atomic E-state index is 0. The molecule has 0 atom stereocenters. The Morgan fingerprint density at radius 2 is 2.22 bits per heavy atom. The highest BCUT2D eigenvalue weighted by Crippen LogP contribution is 2.42. The smallest absolute Gasteiger partial charge is 0.232 e. The van der Waals surface area contributed by atoms with Gasteiger partial charge in [0.1, 0.15) is 11.6 Å². The van der Waals surface area contributed by atoms with Crippen molar-refractivity contribution in [3.05, 3.63) is 23.4 Å². The van der Waals surface area contributed by atoms with Crippen molar-refractivity contribution in [2.75, 3.05) is 26.7 Å². The van der Waals surface area contributed by atoms with Crippen molar-refractivity contribution in [3.63, 3.8) is 0 Å². The molecule has 0 aliphatic heterocycles. The van der Waals surface area contributed by atoms with Gasteiger partial charge in [-0.05, 0) is 36.8 Å². The van der Waals surface area contributed by atoms with Gasteiger partial charge in [0.25, 0.3) is 0 Å². The van der Waals surface area contributed by atoms with E-state index in [1.807, 2.05) is 0 Å². The maximum atomic E-state index is 5.99. The molecule has 0 spiro atoms. The van der Waals surface area contributed by atoms with E-state index >= 15 is 0 Å². The average Bonchev–Trinajstić information content (AvgIpc) is 2.50. The standard InChI is InChI=1S/C16H25ClN4O.HI/c1-3-16(7-5-8-16)12-21-15(18-2)20-10-11-22-14-13(17)6-4-9-19-14;/h4,6,9H,3,5,7-8,10-12H2,1-2H3,(H2,18,20,21);1H. The quantitative estimate of drug-likeness (QED) is 0.288. The Balaban J connectivity index is 0.00000264. The molecule has 1 heterocycles. The normalized spacial score (nSPS) is 16.0. The molecule has 0 bridgehead atoms. The zero-order valence-corrected chi connectivity index (χ0v) is 16.9. The van der Waals surface area contributed by atoms with Crippen LogP contribution in [0.25, 0.3) is 0 Å². The molecule has 0 unspecified atom stereocenters. The van der Waals surface area contributed by atoms with Gasteiger partial charge in [0.15, 0.2) is 5.96 Å². The summed E-state index contributed by atoms with van der Waals surface area (Å²) in [4.78, 5) is 8.33. The lowest BCUT2D eigenvalue weighted by atomic mass is 9.67. The highest BCUT2D eigenvalue weighted by Gasteiger charge is 2.34. The second-order valence-corrected chi connectivity index (χ2v) is 6.11. The molecule has 0 saturated heterocycles. The van der Waals surface area contributed by atoms with Gasteiger partial charge < -0.3 is 15.4 Å². The van der Waals surface area contributed by atoms with Crippen LogP contribution in [0.5, 0.6) is 5.88 Å². The maximum absolute atomic E-state index is 5.99. The maximum Gasteiger partial charge on any atom is 0.232 e. The minimum Gasteiger partial charge on any atom is -0.475 e. The summed E-state index contributed by atoms with van der Waals surface area (Å²) in [6, 6.07) is 3.55. The third kappa shape index (κ3) is 5.99. The molecule has 1 aliphatic carbocycles. The number of hydrogen-bond donors (Lipinski definition) is 2. The summed E-state index contributed by atoms with van der Waals surface area (Å²) in [5.74, 6) is 1.28. The molecule has 2 rings (SSSR count). The van der Waals surface area contributed by atoms with Gasteiger partial charge in [0, 0.05) is 19.8 Å². The molecule has 1 aliphatic rings. The molecular weight excluding hydrogens is 427 g/mol. The Bertz CT molecular complexity index is 503. The van der Waals surface area contributed by atoms with E-state index in [9.17, 15) is 0 Å². The minimum absolute atomic E-state index is 0. The highest BCUT2D eigenvalue weighted by molar-refractivity contribution is 14.0. The molecule has 2 N–H and O–H groups in total. The topological polar surface area (TPSA) is 58.5 Å². The van der Waals surface area contributed by atoms with E-state index in [4.69, 9.17) is 16.3 Å². The first-order valence-electron chi connectivity index (χ1n) is 7.87. The number of nitrogens with zero attached hydrogens (tertiary/aromatic N) is 2. The number of halogens is 2. The van der Waals surface area contributed by atoms with Gasteiger partial charge in [-0.1, -0.05) is 24.9 Å². The second kappa shape index (κ2) is 10.2. The van der Waals surface area contributed by atoms with Crippen LogP contribution in [-0.4, -0.2) is 37.7 Å². The van der Waals surface area contributed by atoms with Crippen LogP contribution >= 0.6 is 35.6 Å². The molecule has 5 nitrogen and oxygen atoms in total. The summed E-state index contributed by atoms with van der Waals surface area (Å²) in [7, 11) is 1.78. The summed E-state index contributed by atoms with van der Waals surface area (Å²) < 4.78 is 5.54. The molecule has 0 radical (unpaired) electrons. The number of pyridine rings is 1. The van der Waals surface area contributed by atoms with Gasteiger partial charge in [-0.25, -0.2) is 4.98 Å².